The normalized spacial score (nSPS) is 30.4. The van der Waals surface area contributed by atoms with E-state index in [4.69, 9.17) is 0 Å². The van der Waals surface area contributed by atoms with E-state index in [1.165, 1.54) is 24.5 Å². The summed E-state index contributed by atoms with van der Waals surface area (Å²) in [7, 11) is 0. The number of allylic oxidation sites excluding steroid dienone is 2. The number of carbonyl (C=O) groups excluding carboxylic acids is 1. The molecule has 1 aromatic carbocycles. The molecule has 142 valence electrons. The lowest BCUT2D eigenvalue weighted by Gasteiger charge is -2.57. The summed E-state index contributed by atoms with van der Waals surface area (Å²) in [5.74, 6) is -0.335. The number of aromatic hydroxyl groups is 3. The molecule has 4 heteroatoms. The van der Waals surface area contributed by atoms with Crippen molar-refractivity contribution in [2.24, 2.45) is 22.7 Å². The molecule has 0 aromatic heterocycles. The summed E-state index contributed by atoms with van der Waals surface area (Å²) in [6.45, 7) is 9.22. The van der Waals surface area contributed by atoms with Crippen LogP contribution in [0.3, 0.4) is 0 Å². The average molecular weight is 358 g/mol. The van der Waals surface area contributed by atoms with Crippen LogP contribution in [0.1, 0.15) is 69.3 Å². The SMILES string of the molecule is CC1=CCC2C(C)(C)CCCC2(C)C1Cc1cc(O)c(O)c(C=O)c1O. The van der Waals surface area contributed by atoms with Crippen LogP contribution >= 0.6 is 0 Å². The van der Waals surface area contributed by atoms with Crippen molar-refractivity contribution in [3.8, 4) is 17.2 Å². The van der Waals surface area contributed by atoms with Gasteiger partial charge in [-0.15, -0.1) is 0 Å². The van der Waals surface area contributed by atoms with Gasteiger partial charge >= 0.3 is 0 Å². The maximum absolute atomic E-state index is 11.2. The number of aldehydes is 1. The second-order valence-corrected chi connectivity index (χ2v) is 9.12. The van der Waals surface area contributed by atoms with Gasteiger partial charge in [-0.05, 0) is 66.9 Å². The largest absolute Gasteiger partial charge is 0.507 e. The quantitative estimate of drug-likeness (QED) is 0.309. The van der Waals surface area contributed by atoms with E-state index in [1.807, 2.05) is 0 Å². The maximum Gasteiger partial charge on any atom is 0.171 e. The smallest absolute Gasteiger partial charge is 0.171 e. The number of phenolic OH excluding ortho intramolecular Hbond substituents is 3. The first-order chi connectivity index (χ1) is 12.1. The van der Waals surface area contributed by atoms with E-state index in [0.717, 1.165) is 12.8 Å². The van der Waals surface area contributed by atoms with E-state index in [2.05, 4.69) is 33.8 Å². The third-order valence-electron chi connectivity index (χ3n) is 7.21. The Hall–Kier alpha value is -1.97. The fourth-order valence-electron chi connectivity index (χ4n) is 5.74. The van der Waals surface area contributed by atoms with Gasteiger partial charge in [0.1, 0.15) is 11.3 Å². The van der Waals surface area contributed by atoms with Crippen molar-refractivity contribution in [3.05, 3.63) is 28.8 Å². The van der Waals surface area contributed by atoms with E-state index in [-0.39, 0.29) is 33.8 Å². The molecular formula is C22H30O4. The zero-order valence-electron chi connectivity index (χ0n) is 16.2. The molecular weight excluding hydrogens is 328 g/mol. The Morgan fingerprint density at radius 3 is 2.50 bits per heavy atom. The lowest BCUT2D eigenvalue weighted by molar-refractivity contribution is -0.0369. The number of phenols is 3. The van der Waals surface area contributed by atoms with Gasteiger partial charge in [-0.1, -0.05) is 38.8 Å². The number of hydrogen-bond acceptors (Lipinski definition) is 4. The van der Waals surface area contributed by atoms with Gasteiger partial charge in [-0.2, -0.15) is 0 Å². The van der Waals surface area contributed by atoms with Crippen LogP contribution in [0.4, 0.5) is 0 Å². The molecule has 1 fully saturated rings. The highest BCUT2D eigenvalue weighted by Gasteiger charge is 2.51. The van der Waals surface area contributed by atoms with Crippen molar-refractivity contribution >= 4 is 6.29 Å². The first kappa shape index (κ1) is 18.8. The van der Waals surface area contributed by atoms with Crippen LogP contribution in [0.2, 0.25) is 0 Å². The third-order valence-corrected chi connectivity index (χ3v) is 7.21. The fraction of sp³-hybridized carbons (Fsp3) is 0.591. The lowest BCUT2D eigenvalue weighted by atomic mass is 9.48. The molecule has 2 aliphatic rings. The molecule has 0 saturated heterocycles. The van der Waals surface area contributed by atoms with Crippen LogP contribution in [0, 0.1) is 22.7 Å². The highest BCUT2D eigenvalue weighted by molar-refractivity contribution is 5.86. The second-order valence-electron chi connectivity index (χ2n) is 9.12. The van der Waals surface area contributed by atoms with Crippen LogP contribution in [-0.2, 0) is 6.42 Å². The summed E-state index contributed by atoms with van der Waals surface area (Å²) in [6.07, 6.45) is 7.91. The molecule has 0 heterocycles. The number of benzene rings is 1. The Bertz CT molecular complexity index is 762. The Kier molecular flexibility index (Phi) is 4.58. The van der Waals surface area contributed by atoms with Crippen molar-refractivity contribution in [3.63, 3.8) is 0 Å². The molecule has 4 nitrogen and oxygen atoms in total. The average Bonchev–Trinajstić information content (AvgIpc) is 2.55. The van der Waals surface area contributed by atoms with Gasteiger partial charge in [-0.25, -0.2) is 0 Å². The van der Waals surface area contributed by atoms with Gasteiger partial charge in [-0.3, -0.25) is 4.79 Å². The maximum atomic E-state index is 11.2. The molecule has 3 N–H and O–H groups in total. The van der Waals surface area contributed by atoms with E-state index in [9.17, 15) is 20.1 Å². The lowest BCUT2D eigenvalue weighted by Crippen LogP contribution is -2.49. The van der Waals surface area contributed by atoms with Gasteiger partial charge in [0.25, 0.3) is 0 Å². The van der Waals surface area contributed by atoms with E-state index in [1.54, 1.807) is 0 Å². The Balaban J connectivity index is 2.04. The summed E-state index contributed by atoms with van der Waals surface area (Å²) >= 11 is 0. The molecule has 0 spiro atoms. The third kappa shape index (κ3) is 2.80. The highest BCUT2D eigenvalue weighted by atomic mass is 16.3. The van der Waals surface area contributed by atoms with Crippen LogP contribution in [0.15, 0.2) is 17.7 Å². The standard InChI is InChI=1S/C22H30O4/c1-13-6-7-18-21(2,3)8-5-9-22(18,4)16(13)10-14-11-17(24)20(26)15(12-23)19(14)25/h6,11-12,16,18,24-26H,5,7-10H2,1-4H3. The molecule has 0 radical (unpaired) electrons. The molecule has 0 bridgehead atoms. The van der Waals surface area contributed by atoms with Gasteiger partial charge in [0.2, 0.25) is 0 Å². The van der Waals surface area contributed by atoms with Gasteiger partial charge in [0.15, 0.2) is 17.8 Å². The van der Waals surface area contributed by atoms with Gasteiger partial charge < -0.3 is 15.3 Å². The Morgan fingerprint density at radius 1 is 1.15 bits per heavy atom. The van der Waals surface area contributed by atoms with Crippen molar-refractivity contribution in [2.45, 2.75) is 59.8 Å². The first-order valence-corrected chi connectivity index (χ1v) is 9.50. The Morgan fingerprint density at radius 2 is 1.85 bits per heavy atom. The minimum atomic E-state index is -0.556. The second kappa shape index (κ2) is 6.33. The number of carbonyl (C=O) groups is 1. The summed E-state index contributed by atoms with van der Waals surface area (Å²) < 4.78 is 0. The Labute approximate surface area is 155 Å². The van der Waals surface area contributed by atoms with Gasteiger partial charge in [0.05, 0.1) is 0 Å². The predicted molar refractivity (Wildman–Crippen MR) is 102 cm³/mol. The first-order valence-electron chi connectivity index (χ1n) is 9.50. The van der Waals surface area contributed by atoms with Crippen molar-refractivity contribution in [2.75, 3.05) is 0 Å². The van der Waals surface area contributed by atoms with Crippen LogP contribution in [-0.4, -0.2) is 21.6 Å². The molecule has 0 amide bonds. The van der Waals surface area contributed by atoms with Crippen molar-refractivity contribution < 1.29 is 20.1 Å². The summed E-state index contributed by atoms with van der Waals surface area (Å²) in [6, 6.07) is 1.39. The molecule has 3 atom stereocenters. The molecule has 3 rings (SSSR count). The topological polar surface area (TPSA) is 77.8 Å². The van der Waals surface area contributed by atoms with E-state index >= 15 is 0 Å². The minimum absolute atomic E-state index is 0.113. The summed E-state index contributed by atoms with van der Waals surface area (Å²) in [5.41, 5.74) is 1.98. The van der Waals surface area contributed by atoms with Crippen molar-refractivity contribution in [1.29, 1.82) is 0 Å². The van der Waals surface area contributed by atoms with Crippen molar-refractivity contribution in [1.82, 2.24) is 0 Å². The zero-order chi connectivity index (χ0) is 19.3. The monoisotopic (exact) mass is 358 g/mol. The van der Waals surface area contributed by atoms with E-state index < -0.39 is 5.75 Å². The zero-order valence-corrected chi connectivity index (χ0v) is 16.2. The van der Waals surface area contributed by atoms with Crippen LogP contribution < -0.4 is 0 Å². The number of rotatable bonds is 3. The predicted octanol–water partition coefficient (Wildman–Crippen LogP) is 4.96. The number of hydrogen-bond donors (Lipinski definition) is 3. The van der Waals surface area contributed by atoms with E-state index in [0.29, 0.717) is 24.2 Å². The fourth-order valence-corrected chi connectivity index (χ4v) is 5.74. The van der Waals surface area contributed by atoms with Gasteiger partial charge in [0, 0.05) is 0 Å². The molecule has 2 aliphatic carbocycles. The molecule has 3 unspecified atom stereocenters. The summed E-state index contributed by atoms with van der Waals surface area (Å²) in [4.78, 5) is 11.2. The van der Waals surface area contributed by atoms with Crippen LogP contribution in [0.25, 0.3) is 0 Å². The molecule has 26 heavy (non-hydrogen) atoms. The number of fused-ring (bicyclic) bond motifs is 1. The minimum Gasteiger partial charge on any atom is -0.507 e. The highest BCUT2D eigenvalue weighted by Crippen LogP contribution is 2.60. The van der Waals surface area contributed by atoms with Crippen LogP contribution in [0.5, 0.6) is 17.2 Å². The molecule has 0 aliphatic heterocycles. The summed E-state index contributed by atoms with van der Waals surface area (Å²) in [5, 5.41) is 30.3. The molecule has 1 saturated carbocycles. The molecule has 1 aromatic rings.